The molecule has 0 radical (unpaired) electrons. The summed E-state index contributed by atoms with van der Waals surface area (Å²) in [7, 11) is 0. The number of carbonyl (C=O) groups is 3. The Morgan fingerprint density at radius 1 is 1.07 bits per heavy atom. The Balaban J connectivity index is 1.96. The molecule has 2 rings (SSSR count). The van der Waals surface area contributed by atoms with Gasteiger partial charge in [-0.2, -0.15) is 0 Å². The number of nitrogens with zero attached hydrogens (tertiary/aromatic N) is 1. The molecule has 1 heterocycles. The van der Waals surface area contributed by atoms with Crippen LogP contribution in [0.5, 0.6) is 0 Å². The molecule has 1 aromatic rings. The maximum atomic E-state index is 12.2. The molecule has 1 aromatic carbocycles. The summed E-state index contributed by atoms with van der Waals surface area (Å²) in [5.74, 6) is -0.666. The SMILES string of the molecule is CCOC(=O)C(NC(=O)OC(C)(C)C)=C1CN(C(=O)OCc2ccccc2)C1. The molecule has 28 heavy (non-hydrogen) atoms. The van der Waals surface area contributed by atoms with Gasteiger partial charge in [0.15, 0.2) is 0 Å². The number of nitrogens with one attached hydrogen (secondary N) is 1. The number of ether oxygens (including phenoxy) is 3. The summed E-state index contributed by atoms with van der Waals surface area (Å²) in [6, 6.07) is 9.33. The molecule has 8 nitrogen and oxygen atoms in total. The zero-order valence-electron chi connectivity index (χ0n) is 16.6. The topological polar surface area (TPSA) is 94.2 Å². The molecule has 2 amide bonds. The van der Waals surface area contributed by atoms with E-state index in [1.165, 1.54) is 4.90 Å². The minimum Gasteiger partial charge on any atom is -0.461 e. The maximum absolute atomic E-state index is 12.2. The van der Waals surface area contributed by atoms with Gasteiger partial charge in [0.05, 0.1) is 6.61 Å². The second-order valence-electron chi connectivity index (χ2n) is 7.22. The molecule has 0 spiro atoms. The van der Waals surface area contributed by atoms with Crippen LogP contribution in [0.4, 0.5) is 9.59 Å². The second kappa shape index (κ2) is 9.25. The lowest BCUT2D eigenvalue weighted by Gasteiger charge is -2.34. The van der Waals surface area contributed by atoms with Crippen LogP contribution in [-0.2, 0) is 25.6 Å². The number of amides is 2. The van der Waals surface area contributed by atoms with Crippen LogP contribution >= 0.6 is 0 Å². The van der Waals surface area contributed by atoms with E-state index in [2.05, 4.69) is 5.32 Å². The van der Waals surface area contributed by atoms with Crippen molar-refractivity contribution in [2.24, 2.45) is 0 Å². The first-order valence-corrected chi connectivity index (χ1v) is 9.04. The third-order valence-electron chi connectivity index (χ3n) is 3.69. The van der Waals surface area contributed by atoms with Crippen molar-refractivity contribution in [3.63, 3.8) is 0 Å². The molecule has 0 saturated carbocycles. The summed E-state index contributed by atoms with van der Waals surface area (Å²) < 4.78 is 15.4. The zero-order chi connectivity index (χ0) is 20.7. The van der Waals surface area contributed by atoms with Crippen molar-refractivity contribution in [1.29, 1.82) is 0 Å². The summed E-state index contributed by atoms with van der Waals surface area (Å²) in [6.45, 7) is 7.48. The number of benzene rings is 1. The first-order valence-electron chi connectivity index (χ1n) is 9.04. The zero-order valence-corrected chi connectivity index (χ0v) is 16.6. The fourth-order valence-electron chi connectivity index (χ4n) is 2.40. The minimum atomic E-state index is -0.756. The molecule has 1 fully saturated rings. The molecule has 0 atom stereocenters. The van der Waals surface area contributed by atoms with E-state index in [0.29, 0.717) is 5.57 Å². The Kier molecular flexibility index (Phi) is 7.03. The molecular weight excluding hydrogens is 364 g/mol. The molecule has 1 aliphatic rings. The molecule has 1 N–H and O–H groups in total. The number of hydrogen-bond donors (Lipinski definition) is 1. The maximum Gasteiger partial charge on any atom is 0.412 e. The lowest BCUT2D eigenvalue weighted by molar-refractivity contribution is -0.139. The number of hydrogen-bond acceptors (Lipinski definition) is 6. The normalized spacial score (nSPS) is 13.3. The smallest absolute Gasteiger partial charge is 0.412 e. The van der Waals surface area contributed by atoms with E-state index in [4.69, 9.17) is 14.2 Å². The standard InChI is InChI=1S/C20H26N2O6/c1-5-26-17(23)16(21-18(24)28-20(2,3)4)15-11-22(12-15)19(25)27-13-14-9-7-6-8-10-14/h6-10H,5,11-13H2,1-4H3,(H,21,24). The van der Waals surface area contributed by atoms with Gasteiger partial charge >= 0.3 is 18.2 Å². The third kappa shape index (κ3) is 6.29. The molecule has 0 aliphatic carbocycles. The Morgan fingerprint density at radius 3 is 2.29 bits per heavy atom. The predicted molar refractivity (Wildman–Crippen MR) is 101 cm³/mol. The highest BCUT2D eigenvalue weighted by molar-refractivity contribution is 5.94. The van der Waals surface area contributed by atoms with E-state index < -0.39 is 23.8 Å². The Bertz CT molecular complexity index is 744. The number of rotatable bonds is 5. The number of carbonyl (C=O) groups excluding carboxylic acids is 3. The predicted octanol–water partition coefficient (Wildman–Crippen LogP) is 2.98. The minimum absolute atomic E-state index is 0.00297. The van der Waals surface area contributed by atoms with Crippen LogP contribution in [0.25, 0.3) is 0 Å². The van der Waals surface area contributed by atoms with Gasteiger partial charge in [-0.1, -0.05) is 30.3 Å². The Hall–Kier alpha value is -3.03. The molecule has 1 saturated heterocycles. The van der Waals surface area contributed by atoms with E-state index in [-0.39, 0.29) is 32.0 Å². The van der Waals surface area contributed by atoms with Crippen molar-refractivity contribution in [1.82, 2.24) is 10.2 Å². The fourth-order valence-corrected chi connectivity index (χ4v) is 2.40. The van der Waals surface area contributed by atoms with Crippen LogP contribution in [0.2, 0.25) is 0 Å². The van der Waals surface area contributed by atoms with Gasteiger partial charge in [-0.15, -0.1) is 0 Å². The fraction of sp³-hybridized carbons (Fsp3) is 0.450. The summed E-state index contributed by atoms with van der Waals surface area (Å²) in [4.78, 5) is 37.7. The Morgan fingerprint density at radius 2 is 1.71 bits per heavy atom. The summed E-state index contributed by atoms with van der Waals surface area (Å²) in [5, 5.41) is 2.44. The van der Waals surface area contributed by atoms with Crippen molar-refractivity contribution < 1.29 is 28.6 Å². The van der Waals surface area contributed by atoms with E-state index in [9.17, 15) is 14.4 Å². The molecular formula is C20H26N2O6. The second-order valence-corrected chi connectivity index (χ2v) is 7.22. The molecule has 0 aromatic heterocycles. The number of likely N-dealkylation sites (tertiary alicyclic amines) is 1. The quantitative estimate of drug-likeness (QED) is 0.472. The highest BCUT2D eigenvalue weighted by Crippen LogP contribution is 2.20. The van der Waals surface area contributed by atoms with Gasteiger partial charge < -0.3 is 14.2 Å². The van der Waals surface area contributed by atoms with E-state index in [1.54, 1.807) is 27.7 Å². The summed E-state index contributed by atoms with van der Waals surface area (Å²) in [6.07, 6.45) is -1.25. The lowest BCUT2D eigenvalue weighted by atomic mass is 10.1. The third-order valence-corrected chi connectivity index (χ3v) is 3.69. The summed E-state index contributed by atoms with van der Waals surface area (Å²) in [5.41, 5.74) is 0.747. The number of esters is 1. The highest BCUT2D eigenvalue weighted by Gasteiger charge is 2.33. The Labute approximate surface area is 164 Å². The van der Waals surface area contributed by atoms with Crippen molar-refractivity contribution in [2.75, 3.05) is 19.7 Å². The van der Waals surface area contributed by atoms with Crippen molar-refractivity contribution in [2.45, 2.75) is 39.9 Å². The molecule has 0 unspecified atom stereocenters. The first kappa shape index (κ1) is 21.3. The van der Waals surface area contributed by atoms with Crippen LogP contribution in [0.3, 0.4) is 0 Å². The van der Waals surface area contributed by atoms with E-state index in [0.717, 1.165) is 5.56 Å². The van der Waals surface area contributed by atoms with Gasteiger partial charge in [0.2, 0.25) is 0 Å². The molecule has 152 valence electrons. The van der Waals surface area contributed by atoms with E-state index in [1.807, 2.05) is 30.3 Å². The van der Waals surface area contributed by atoms with Gasteiger partial charge in [-0.3, -0.25) is 10.2 Å². The highest BCUT2D eigenvalue weighted by atomic mass is 16.6. The van der Waals surface area contributed by atoms with Crippen LogP contribution in [0.1, 0.15) is 33.3 Å². The van der Waals surface area contributed by atoms with Crippen molar-refractivity contribution in [3.05, 3.63) is 47.2 Å². The number of alkyl carbamates (subject to hydrolysis) is 1. The lowest BCUT2D eigenvalue weighted by Crippen LogP contribution is -2.48. The van der Waals surface area contributed by atoms with Gasteiger partial charge in [0, 0.05) is 13.1 Å². The average Bonchev–Trinajstić information content (AvgIpc) is 2.57. The van der Waals surface area contributed by atoms with Crippen LogP contribution in [-0.4, -0.2) is 48.4 Å². The van der Waals surface area contributed by atoms with Crippen LogP contribution < -0.4 is 5.32 Å². The van der Waals surface area contributed by atoms with Crippen LogP contribution in [0, 0.1) is 0 Å². The van der Waals surface area contributed by atoms with Gasteiger partial charge in [0.25, 0.3) is 0 Å². The monoisotopic (exact) mass is 390 g/mol. The van der Waals surface area contributed by atoms with Crippen LogP contribution in [0.15, 0.2) is 41.6 Å². The molecule has 0 bridgehead atoms. The summed E-state index contributed by atoms with van der Waals surface area (Å²) >= 11 is 0. The van der Waals surface area contributed by atoms with E-state index >= 15 is 0 Å². The van der Waals surface area contributed by atoms with Gasteiger partial charge in [-0.25, -0.2) is 14.4 Å². The van der Waals surface area contributed by atoms with Gasteiger partial charge in [0.1, 0.15) is 17.9 Å². The molecule has 8 heteroatoms. The van der Waals surface area contributed by atoms with Gasteiger partial charge in [-0.05, 0) is 38.8 Å². The molecule has 1 aliphatic heterocycles. The van der Waals surface area contributed by atoms with Crippen molar-refractivity contribution >= 4 is 18.2 Å². The average molecular weight is 390 g/mol. The first-order chi connectivity index (χ1) is 13.2. The largest absolute Gasteiger partial charge is 0.461 e. The van der Waals surface area contributed by atoms with Crippen molar-refractivity contribution in [3.8, 4) is 0 Å².